The summed E-state index contributed by atoms with van der Waals surface area (Å²) < 4.78 is 11.1. The molecule has 2 fully saturated rings. The van der Waals surface area contributed by atoms with Gasteiger partial charge in [-0.1, -0.05) is 0 Å². The molecule has 13 heavy (non-hydrogen) atoms. The first-order valence-corrected chi connectivity index (χ1v) is 4.44. The summed E-state index contributed by atoms with van der Waals surface area (Å²) in [5.41, 5.74) is 2.70. The number of nitrogens with one attached hydrogen (secondary N) is 1. The molecule has 2 heterocycles. The molecule has 2 aliphatic heterocycles. The smallest absolute Gasteiger partial charge is 0.165 e. The Morgan fingerprint density at radius 1 is 1.38 bits per heavy atom. The molecular formula is C8H15NO4. The van der Waals surface area contributed by atoms with Gasteiger partial charge < -0.3 is 14.6 Å². The highest BCUT2D eigenvalue weighted by atomic mass is 16.8. The minimum Gasteiger partial charge on any atom is -0.391 e. The van der Waals surface area contributed by atoms with Crippen LogP contribution in [0, 0.1) is 0 Å². The molecule has 0 aromatic carbocycles. The molecule has 5 heteroatoms. The molecule has 0 spiro atoms. The zero-order chi connectivity index (χ0) is 9.64. The quantitative estimate of drug-likeness (QED) is 0.595. The minimum atomic E-state index is -0.598. The summed E-state index contributed by atoms with van der Waals surface area (Å²) in [6.45, 7) is 5.35. The fourth-order valence-electron chi connectivity index (χ4n) is 1.71. The zero-order valence-electron chi connectivity index (χ0n) is 7.98. The monoisotopic (exact) mass is 189 g/mol. The first-order chi connectivity index (χ1) is 5.99. The van der Waals surface area contributed by atoms with E-state index in [1.165, 1.54) is 0 Å². The highest BCUT2D eigenvalue weighted by Gasteiger charge is 2.51. The summed E-state index contributed by atoms with van der Waals surface area (Å²) in [4.78, 5) is 5.12. The van der Waals surface area contributed by atoms with E-state index < -0.39 is 11.9 Å². The van der Waals surface area contributed by atoms with E-state index in [9.17, 15) is 5.11 Å². The fourth-order valence-corrected chi connectivity index (χ4v) is 1.71. The average Bonchev–Trinajstić information content (AvgIpc) is 2.41. The molecule has 0 radical (unpaired) electrons. The van der Waals surface area contributed by atoms with Crippen molar-refractivity contribution in [2.75, 3.05) is 0 Å². The molecule has 2 saturated heterocycles. The van der Waals surface area contributed by atoms with Gasteiger partial charge >= 0.3 is 0 Å². The number of aliphatic hydroxyl groups excluding tert-OH is 1. The van der Waals surface area contributed by atoms with Crippen molar-refractivity contribution in [2.45, 2.75) is 51.1 Å². The molecule has 1 unspecified atom stereocenters. The maximum absolute atomic E-state index is 9.37. The van der Waals surface area contributed by atoms with E-state index in [0.29, 0.717) is 0 Å². The second-order valence-electron chi connectivity index (χ2n) is 3.96. The summed E-state index contributed by atoms with van der Waals surface area (Å²) in [5.74, 6) is -0.598. The normalized spacial score (nSPS) is 44.8. The highest BCUT2D eigenvalue weighted by Crippen LogP contribution is 2.33. The van der Waals surface area contributed by atoms with Crippen LogP contribution >= 0.6 is 0 Å². The number of ether oxygens (including phenoxy) is 2. The molecule has 2 rings (SSSR count). The minimum absolute atomic E-state index is 0.227. The Morgan fingerprint density at radius 2 is 2.08 bits per heavy atom. The van der Waals surface area contributed by atoms with Crippen LogP contribution in [0.5, 0.6) is 0 Å². The number of rotatable bonds is 1. The second kappa shape index (κ2) is 2.90. The van der Waals surface area contributed by atoms with Gasteiger partial charge in [-0.15, -0.1) is 0 Å². The molecule has 0 bridgehead atoms. The Morgan fingerprint density at radius 3 is 2.69 bits per heavy atom. The summed E-state index contributed by atoms with van der Waals surface area (Å²) in [6, 6.07) is 0. The molecule has 2 N–H and O–H groups in total. The van der Waals surface area contributed by atoms with E-state index in [1.807, 2.05) is 13.8 Å². The fraction of sp³-hybridized carbons (Fsp3) is 1.00. The molecule has 76 valence electrons. The number of aliphatic hydroxyl groups is 1. The predicted molar refractivity (Wildman–Crippen MR) is 43.5 cm³/mol. The van der Waals surface area contributed by atoms with Gasteiger partial charge in [-0.2, -0.15) is 5.48 Å². The first-order valence-electron chi connectivity index (χ1n) is 4.44. The van der Waals surface area contributed by atoms with Gasteiger partial charge in [0, 0.05) is 0 Å². The maximum Gasteiger partial charge on any atom is 0.165 e. The molecule has 0 aromatic heterocycles. The molecule has 2 aliphatic rings. The number of hydroxylamine groups is 1. The van der Waals surface area contributed by atoms with Crippen LogP contribution in [0.4, 0.5) is 0 Å². The van der Waals surface area contributed by atoms with E-state index in [0.717, 1.165) is 0 Å². The number of hydrogen-bond acceptors (Lipinski definition) is 5. The second-order valence-corrected chi connectivity index (χ2v) is 3.96. The van der Waals surface area contributed by atoms with Crippen molar-refractivity contribution < 1.29 is 19.4 Å². The largest absolute Gasteiger partial charge is 0.391 e. The third-order valence-corrected chi connectivity index (χ3v) is 2.25. The highest BCUT2D eigenvalue weighted by molar-refractivity contribution is 4.90. The van der Waals surface area contributed by atoms with Crippen molar-refractivity contribution in [1.82, 2.24) is 5.48 Å². The van der Waals surface area contributed by atoms with E-state index in [-0.39, 0.29) is 18.4 Å². The van der Waals surface area contributed by atoms with E-state index in [2.05, 4.69) is 5.48 Å². The van der Waals surface area contributed by atoms with Crippen molar-refractivity contribution in [3.8, 4) is 0 Å². The van der Waals surface area contributed by atoms with E-state index in [4.69, 9.17) is 14.3 Å². The molecule has 4 atom stereocenters. The lowest BCUT2D eigenvalue weighted by Gasteiger charge is -2.22. The SMILES string of the molecule is C[C@@H](O)[C@H]1ONC2OC(C)(C)O[C@H]21. The summed E-state index contributed by atoms with van der Waals surface area (Å²) >= 11 is 0. The van der Waals surface area contributed by atoms with E-state index in [1.54, 1.807) is 6.92 Å². The van der Waals surface area contributed by atoms with Crippen LogP contribution in [-0.2, 0) is 14.3 Å². The van der Waals surface area contributed by atoms with Crippen LogP contribution in [0.15, 0.2) is 0 Å². The molecule has 0 aromatic rings. The lowest BCUT2D eigenvalue weighted by atomic mass is 10.1. The Bertz CT molecular complexity index is 206. The third-order valence-electron chi connectivity index (χ3n) is 2.25. The molecule has 0 aliphatic carbocycles. The Labute approximate surface area is 76.9 Å². The van der Waals surface area contributed by atoms with Gasteiger partial charge in [-0.25, -0.2) is 0 Å². The molecule has 0 saturated carbocycles. The Balaban J connectivity index is 2.08. The average molecular weight is 189 g/mol. The van der Waals surface area contributed by atoms with Crippen molar-refractivity contribution in [2.24, 2.45) is 0 Å². The van der Waals surface area contributed by atoms with Crippen molar-refractivity contribution in [3.63, 3.8) is 0 Å². The first kappa shape index (κ1) is 9.36. The lowest BCUT2D eigenvalue weighted by Crippen LogP contribution is -2.36. The third kappa shape index (κ3) is 1.58. The summed E-state index contributed by atoms with van der Waals surface area (Å²) in [5, 5.41) is 9.37. The van der Waals surface area contributed by atoms with Gasteiger partial charge in [0.15, 0.2) is 12.0 Å². The van der Waals surface area contributed by atoms with Crippen LogP contribution < -0.4 is 5.48 Å². The number of hydrogen-bond donors (Lipinski definition) is 2. The summed E-state index contributed by atoms with van der Waals surface area (Å²) in [6.07, 6.45) is -1.42. The van der Waals surface area contributed by atoms with Gasteiger partial charge in [0.1, 0.15) is 12.2 Å². The van der Waals surface area contributed by atoms with Crippen LogP contribution in [-0.4, -0.2) is 35.4 Å². The van der Waals surface area contributed by atoms with Crippen molar-refractivity contribution in [3.05, 3.63) is 0 Å². The lowest BCUT2D eigenvalue weighted by molar-refractivity contribution is -0.201. The molecule has 5 nitrogen and oxygen atoms in total. The zero-order valence-corrected chi connectivity index (χ0v) is 7.98. The van der Waals surface area contributed by atoms with Gasteiger partial charge in [-0.05, 0) is 20.8 Å². The van der Waals surface area contributed by atoms with Crippen LogP contribution in [0.1, 0.15) is 20.8 Å². The summed E-state index contributed by atoms with van der Waals surface area (Å²) in [7, 11) is 0. The molecule has 0 amide bonds. The van der Waals surface area contributed by atoms with Crippen LogP contribution in [0.25, 0.3) is 0 Å². The topological polar surface area (TPSA) is 60.0 Å². The standard InChI is InChI=1S/C8H15NO4/c1-4(10)5-6-7(9-13-5)12-8(2,3)11-6/h4-7,9-10H,1-3H3/t4-,5-,6+,7?/m1/s1. The van der Waals surface area contributed by atoms with Crippen LogP contribution in [0.2, 0.25) is 0 Å². The molecular weight excluding hydrogens is 174 g/mol. The van der Waals surface area contributed by atoms with E-state index >= 15 is 0 Å². The number of fused-ring (bicyclic) bond motifs is 1. The van der Waals surface area contributed by atoms with Gasteiger partial charge in [-0.3, -0.25) is 4.84 Å². The Hall–Kier alpha value is -0.200. The predicted octanol–water partition coefficient (Wildman–Crippen LogP) is -0.252. The Kier molecular flexibility index (Phi) is 2.08. The van der Waals surface area contributed by atoms with Gasteiger partial charge in [0.25, 0.3) is 0 Å². The van der Waals surface area contributed by atoms with Gasteiger partial charge in [0.2, 0.25) is 0 Å². The van der Waals surface area contributed by atoms with Gasteiger partial charge in [0.05, 0.1) is 6.10 Å². The van der Waals surface area contributed by atoms with Crippen molar-refractivity contribution in [1.29, 1.82) is 0 Å². The maximum atomic E-state index is 9.37. The van der Waals surface area contributed by atoms with Crippen molar-refractivity contribution >= 4 is 0 Å². The van der Waals surface area contributed by atoms with Crippen LogP contribution in [0.3, 0.4) is 0 Å².